The number of hydrogen-bond donors (Lipinski definition) is 2. The number of amides is 2. The molecule has 0 saturated heterocycles. The lowest BCUT2D eigenvalue weighted by molar-refractivity contribution is -0.136. The summed E-state index contributed by atoms with van der Waals surface area (Å²) in [6, 6.07) is 16.6. The van der Waals surface area contributed by atoms with Gasteiger partial charge in [0.2, 0.25) is 0 Å². The van der Waals surface area contributed by atoms with E-state index < -0.39 is 17.8 Å². The van der Waals surface area contributed by atoms with Crippen LogP contribution in [-0.2, 0) is 9.59 Å². The van der Waals surface area contributed by atoms with Crippen LogP contribution in [0.4, 0.5) is 5.69 Å². The van der Waals surface area contributed by atoms with Crippen LogP contribution in [0.5, 0.6) is 11.5 Å². The smallest absolute Gasteiger partial charge is 0.353 e. The van der Waals surface area contributed by atoms with Crippen LogP contribution in [0.25, 0.3) is 0 Å². The van der Waals surface area contributed by atoms with Gasteiger partial charge in [0.1, 0.15) is 16.4 Å². The summed E-state index contributed by atoms with van der Waals surface area (Å²) in [6.45, 7) is 2.41. The van der Waals surface area contributed by atoms with Crippen molar-refractivity contribution in [2.75, 3.05) is 11.9 Å². The Kier molecular flexibility index (Phi) is 7.50. The quantitative estimate of drug-likeness (QED) is 0.194. The number of rotatable bonds is 7. The van der Waals surface area contributed by atoms with Gasteiger partial charge in [0.05, 0.1) is 12.8 Å². The summed E-state index contributed by atoms with van der Waals surface area (Å²) >= 11 is 1.30. The second-order valence-electron chi connectivity index (χ2n) is 6.05. The molecule has 0 radical (unpaired) electrons. The number of ether oxygens (including phenoxy) is 2. The number of nitrogens with one attached hydrogen (secondary N) is 2. The zero-order valence-corrected chi connectivity index (χ0v) is 17.3. The van der Waals surface area contributed by atoms with Crippen molar-refractivity contribution in [3.8, 4) is 11.5 Å². The molecule has 0 aliphatic heterocycles. The van der Waals surface area contributed by atoms with E-state index in [9.17, 15) is 14.4 Å². The van der Waals surface area contributed by atoms with Crippen molar-refractivity contribution >= 4 is 41.0 Å². The third-order valence-electron chi connectivity index (χ3n) is 3.82. The van der Waals surface area contributed by atoms with Crippen LogP contribution in [0.15, 0.2) is 71.1 Å². The maximum Gasteiger partial charge on any atom is 0.353 e. The largest absolute Gasteiger partial charge is 0.494 e. The second kappa shape index (κ2) is 10.7. The molecule has 9 heteroatoms. The first-order chi connectivity index (χ1) is 15.0. The summed E-state index contributed by atoms with van der Waals surface area (Å²) < 4.78 is 10.6. The average molecular weight is 437 g/mol. The fourth-order valence-electron chi connectivity index (χ4n) is 2.38. The van der Waals surface area contributed by atoms with Gasteiger partial charge in [-0.1, -0.05) is 6.07 Å². The third-order valence-corrected chi connectivity index (χ3v) is 4.67. The molecule has 0 aliphatic rings. The van der Waals surface area contributed by atoms with E-state index in [-0.39, 0.29) is 0 Å². The molecule has 0 fully saturated rings. The predicted molar refractivity (Wildman–Crippen MR) is 118 cm³/mol. The van der Waals surface area contributed by atoms with Crippen LogP contribution in [0.2, 0.25) is 0 Å². The van der Waals surface area contributed by atoms with Gasteiger partial charge in [-0.15, -0.1) is 11.3 Å². The fourth-order valence-corrected chi connectivity index (χ4v) is 2.98. The monoisotopic (exact) mass is 437 g/mol. The lowest BCUT2D eigenvalue weighted by atomic mass is 10.2. The Morgan fingerprint density at radius 1 is 0.968 bits per heavy atom. The molecule has 1 aromatic heterocycles. The number of carbonyl (C=O) groups excluding carboxylic acids is 3. The van der Waals surface area contributed by atoms with E-state index in [0.29, 0.717) is 34.2 Å². The van der Waals surface area contributed by atoms with Gasteiger partial charge >= 0.3 is 17.8 Å². The number of esters is 1. The van der Waals surface area contributed by atoms with Gasteiger partial charge in [-0.2, -0.15) is 5.10 Å². The zero-order valence-electron chi connectivity index (χ0n) is 16.5. The molecular formula is C22H19N3O5S. The molecule has 1 heterocycles. The highest BCUT2D eigenvalue weighted by molar-refractivity contribution is 7.12. The van der Waals surface area contributed by atoms with Crippen molar-refractivity contribution in [1.82, 2.24) is 5.43 Å². The van der Waals surface area contributed by atoms with E-state index in [1.165, 1.54) is 17.6 Å². The Morgan fingerprint density at radius 3 is 2.32 bits per heavy atom. The molecule has 3 aromatic rings. The van der Waals surface area contributed by atoms with Crippen molar-refractivity contribution in [3.63, 3.8) is 0 Å². The van der Waals surface area contributed by atoms with Gasteiger partial charge in [-0.25, -0.2) is 10.2 Å². The third kappa shape index (κ3) is 6.51. The van der Waals surface area contributed by atoms with Gasteiger partial charge < -0.3 is 14.8 Å². The molecule has 3 rings (SSSR count). The first kappa shape index (κ1) is 21.7. The molecular weight excluding hydrogens is 418 g/mol. The van der Waals surface area contributed by atoms with E-state index in [1.54, 1.807) is 66.0 Å². The zero-order chi connectivity index (χ0) is 22.1. The average Bonchev–Trinajstić information content (AvgIpc) is 3.31. The van der Waals surface area contributed by atoms with Crippen molar-refractivity contribution in [2.45, 2.75) is 6.92 Å². The molecule has 8 nitrogen and oxygen atoms in total. The lowest BCUT2D eigenvalue weighted by Crippen LogP contribution is -2.32. The number of hydrazone groups is 1. The van der Waals surface area contributed by atoms with E-state index in [1.807, 2.05) is 6.92 Å². The highest BCUT2D eigenvalue weighted by Gasteiger charge is 2.13. The first-order valence-corrected chi connectivity index (χ1v) is 10.2. The Labute approximate surface area is 182 Å². The molecule has 0 atom stereocenters. The van der Waals surface area contributed by atoms with E-state index in [0.717, 1.165) is 0 Å². The molecule has 2 N–H and O–H groups in total. The summed E-state index contributed by atoms with van der Waals surface area (Å²) in [5, 5.41) is 8.03. The van der Waals surface area contributed by atoms with Crippen LogP contribution in [0.3, 0.4) is 0 Å². The number of anilines is 1. The Morgan fingerprint density at radius 2 is 1.68 bits per heavy atom. The topological polar surface area (TPSA) is 106 Å². The van der Waals surface area contributed by atoms with E-state index in [4.69, 9.17) is 9.47 Å². The van der Waals surface area contributed by atoms with Crippen LogP contribution < -0.4 is 20.2 Å². The molecule has 0 unspecified atom stereocenters. The van der Waals surface area contributed by atoms with E-state index in [2.05, 4.69) is 15.8 Å². The highest BCUT2D eigenvalue weighted by Crippen LogP contribution is 2.17. The van der Waals surface area contributed by atoms with Gasteiger partial charge in [0, 0.05) is 5.69 Å². The van der Waals surface area contributed by atoms with Crippen LogP contribution >= 0.6 is 11.3 Å². The van der Waals surface area contributed by atoms with Gasteiger partial charge in [0.15, 0.2) is 0 Å². The minimum Gasteiger partial charge on any atom is -0.494 e. The highest BCUT2D eigenvalue weighted by atomic mass is 32.1. The van der Waals surface area contributed by atoms with Crippen molar-refractivity contribution in [1.29, 1.82) is 0 Å². The Balaban J connectivity index is 1.47. The number of hydrogen-bond acceptors (Lipinski definition) is 7. The molecule has 2 aromatic carbocycles. The molecule has 158 valence electrons. The molecule has 0 saturated carbocycles. The Hall–Kier alpha value is -3.98. The number of benzene rings is 2. The molecule has 0 bridgehead atoms. The first-order valence-electron chi connectivity index (χ1n) is 9.28. The van der Waals surface area contributed by atoms with Gasteiger partial charge in [0.25, 0.3) is 0 Å². The standard InChI is InChI=1S/C22H19N3O5S/c1-2-29-17-11-7-16(8-12-17)24-20(26)21(27)25-23-14-15-5-9-18(10-6-15)30-22(28)19-4-3-13-31-19/h3-14H,2H2,1H3,(H,24,26)(H,25,27)/b23-14+. The van der Waals surface area contributed by atoms with Crippen molar-refractivity contribution in [2.24, 2.45) is 5.10 Å². The maximum atomic E-state index is 11.9. The van der Waals surface area contributed by atoms with Crippen molar-refractivity contribution in [3.05, 3.63) is 76.5 Å². The van der Waals surface area contributed by atoms with Crippen molar-refractivity contribution < 1.29 is 23.9 Å². The summed E-state index contributed by atoms with van der Waals surface area (Å²) in [5.74, 6) is -1.14. The minimum absolute atomic E-state index is 0.384. The number of nitrogens with zero attached hydrogens (tertiary/aromatic N) is 1. The SMILES string of the molecule is CCOc1ccc(NC(=O)C(=O)N/N=C/c2ccc(OC(=O)c3cccs3)cc2)cc1. The lowest BCUT2D eigenvalue weighted by Gasteiger charge is -2.06. The van der Waals surface area contributed by atoms with E-state index >= 15 is 0 Å². The van der Waals surface area contributed by atoms with Gasteiger partial charge in [-0.3, -0.25) is 9.59 Å². The summed E-state index contributed by atoms with van der Waals surface area (Å²) in [5.41, 5.74) is 3.26. The molecule has 2 amide bonds. The molecule has 31 heavy (non-hydrogen) atoms. The molecule has 0 aliphatic carbocycles. The maximum absolute atomic E-state index is 11.9. The van der Waals surface area contributed by atoms with Crippen LogP contribution in [0.1, 0.15) is 22.2 Å². The Bertz CT molecular complexity index is 1060. The number of carbonyl (C=O) groups is 3. The second-order valence-corrected chi connectivity index (χ2v) is 6.99. The summed E-state index contributed by atoms with van der Waals surface area (Å²) in [4.78, 5) is 36.2. The number of thiophene rings is 1. The van der Waals surface area contributed by atoms with Gasteiger partial charge in [-0.05, 0) is 72.5 Å². The summed E-state index contributed by atoms with van der Waals surface area (Å²) in [6.07, 6.45) is 1.37. The summed E-state index contributed by atoms with van der Waals surface area (Å²) in [7, 11) is 0. The normalized spacial score (nSPS) is 10.5. The predicted octanol–water partition coefficient (Wildman–Crippen LogP) is 3.45. The fraction of sp³-hybridized carbons (Fsp3) is 0.0909. The van der Waals surface area contributed by atoms with Crippen LogP contribution in [-0.4, -0.2) is 30.6 Å². The van der Waals surface area contributed by atoms with Crippen LogP contribution in [0, 0.1) is 0 Å². The minimum atomic E-state index is -0.911. The molecule has 0 spiro atoms.